The fourth-order valence-corrected chi connectivity index (χ4v) is 7.50. The molecule has 5 nitrogen and oxygen atoms in total. The van der Waals surface area contributed by atoms with Gasteiger partial charge in [-0.3, -0.25) is 5.21 Å². The van der Waals surface area contributed by atoms with E-state index in [-0.39, 0.29) is 5.75 Å². The SMILES string of the molecule is CCCCCCCCS(=O)(=O)C1C=CC(=C(C#N)c2ccccc2C)S1=NO. The Kier molecular flexibility index (Phi) is 8.61. The molecule has 0 radical (unpaired) electrons. The summed E-state index contributed by atoms with van der Waals surface area (Å²) in [5, 5.41) is 19.3. The fraction of sp³-hybridized carbons (Fsp3) is 0.476. The third kappa shape index (κ3) is 5.40. The highest BCUT2D eigenvalue weighted by molar-refractivity contribution is 8.09. The van der Waals surface area contributed by atoms with Crippen molar-refractivity contribution in [1.29, 1.82) is 5.26 Å². The zero-order chi connectivity index (χ0) is 20.6. The van der Waals surface area contributed by atoms with Crippen molar-refractivity contribution in [2.45, 2.75) is 57.0 Å². The Labute approximate surface area is 170 Å². The number of allylic oxidation sites excluding steroid dienone is 2. The van der Waals surface area contributed by atoms with E-state index in [9.17, 15) is 18.9 Å². The number of nitrogens with zero attached hydrogens (tertiary/aromatic N) is 2. The molecule has 0 saturated carbocycles. The van der Waals surface area contributed by atoms with Crippen LogP contribution in [0.2, 0.25) is 0 Å². The van der Waals surface area contributed by atoms with E-state index in [4.69, 9.17) is 0 Å². The maximum absolute atomic E-state index is 12.8. The van der Waals surface area contributed by atoms with Gasteiger partial charge in [0.05, 0.1) is 11.3 Å². The topological polar surface area (TPSA) is 90.5 Å². The van der Waals surface area contributed by atoms with Gasteiger partial charge < -0.3 is 0 Å². The summed E-state index contributed by atoms with van der Waals surface area (Å²) in [5.74, 6) is 0.0761. The van der Waals surface area contributed by atoms with Gasteiger partial charge in [-0.15, -0.1) is 4.53 Å². The van der Waals surface area contributed by atoms with Crippen LogP contribution in [0.3, 0.4) is 0 Å². The lowest BCUT2D eigenvalue weighted by molar-refractivity contribution is 0.328. The van der Waals surface area contributed by atoms with Gasteiger partial charge in [-0.2, -0.15) is 5.26 Å². The number of aryl methyl sites for hydroxylation is 1. The molecule has 0 amide bonds. The number of sulfone groups is 1. The average Bonchev–Trinajstić information content (AvgIpc) is 3.11. The van der Waals surface area contributed by atoms with Crippen molar-refractivity contribution < 1.29 is 13.6 Å². The Bertz CT molecular complexity index is 925. The van der Waals surface area contributed by atoms with Gasteiger partial charge in [-0.1, -0.05) is 69.4 Å². The number of nitriles is 1. The summed E-state index contributed by atoms with van der Waals surface area (Å²) in [6.45, 7) is 4.04. The first-order valence-electron chi connectivity index (χ1n) is 9.64. The van der Waals surface area contributed by atoms with Gasteiger partial charge in [0, 0.05) is 4.91 Å². The van der Waals surface area contributed by atoms with Crippen LogP contribution in [-0.2, 0) is 20.5 Å². The molecule has 0 aromatic heterocycles. The predicted molar refractivity (Wildman–Crippen MR) is 115 cm³/mol. The molecule has 1 heterocycles. The number of benzene rings is 1. The van der Waals surface area contributed by atoms with Crippen LogP contribution in [0.4, 0.5) is 0 Å². The molecule has 0 saturated heterocycles. The summed E-state index contributed by atoms with van der Waals surface area (Å²) in [4.78, 5) is 0.482. The van der Waals surface area contributed by atoms with Gasteiger partial charge >= 0.3 is 0 Å². The van der Waals surface area contributed by atoms with Gasteiger partial charge in [0.25, 0.3) is 0 Å². The molecular formula is C21H28N2O3S2. The van der Waals surface area contributed by atoms with Gasteiger partial charge in [0.1, 0.15) is 10.7 Å². The van der Waals surface area contributed by atoms with Gasteiger partial charge in [0.15, 0.2) is 9.84 Å². The van der Waals surface area contributed by atoms with E-state index < -0.39 is 25.1 Å². The maximum Gasteiger partial charge on any atom is 0.167 e. The minimum absolute atomic E-state index is 0.0761. The van der Waals surface area contributed by atoms with E-state index in [0.29, 0.717) is 16.9 Å². The summed E-state index contributed by atoms with van der Waals surface area (Å²) >= 11 is 0. The number of hydrogen-bond acceptors (Lipinski definition) is 4. The molecule has 1 aliphatic rings. The summed E-state index contributed by atoms with van der Waals surface area (Å²) in [7, 11) is -4.74. The molecule has 2 atom stereocenters. The minimum Gasteiger partial charge on any atom is -0.261 e. The third-order valence-electron chi connectivity index (χ3n) is 4.85. The van der Waals surface area contributed by atoms with Gasteiger partial charge in [-0.25, -0.2) is 8.42 Å². The lowest BCUT2D eigenvalue weighted by Gasteiger charge is -2.14. The van der Waals surface area contributed by atoms with Crippen molar-refractivity contribution in [3.63, 3.8) is 0 Å². The van der Waals surface area contributed by atoms with Crippen LogP contribution in [-0.4, -0.2) is 24.0 Å². The highest BCUT2D eigenvalue weighted by Gasteiger charge is 2.34. The molecular weight excluding hydrogens is 392 g/mol. The lowest BCUT2D eigenvalue weighted by atomic mass is 10.0. The molecule has 2 rings (SSSR count). The van der Waals surface area contributed by atoms with Crippen LogP contribution >= 0.6 is 0 Å². The van der Waals surface area contributed by atoms with Crippen molar-refractivity contribution in [3.05, 3.63) is 52.4 Å². The van der Waals surface area contributed by atoms with E-state index in [0.717, 1.165) is 36.8 Å². The second-order valence-electron chi connectivity index (χ2n) is 6.92. The van der Waals surface area contributed by atoms with Gasteiger partial charge in [0.2, 0.25) is 0 Å². The highest BCUT2D eigenvalue weighted by atomic mass is 32.3. The summed E-state index contributed by atoms with van der Waals surface area (Å²) in [5.41, 5.74) is 2.02. The molecule has 1 N–H and O–H groups in total. The Morgan fingerprint density at radius 1 is 1.21 bits per heavy atom. The minimum atomic E-state index is -3.45. The van der Waals surface area contributed by atoms with E-state index >= 15 is 0 Å². The van der Waals surface area contributed by atoms with Crippen LogP contribution in [0.1, 0.15) is 56.6 Å². The van der Waals surface area contributed by atoms with E-state index in [1.165, 1.54) is 6.42 Å². The van der Waals surface area contributed by atoms with E-state index in [2.05, 4.69) is 17.5 Å². The predicted octanol–water partition coefficient (Wildman–Crippen LogP) is 5.09. The van der Waals surface area contributed by atoms with Crippen molar-refractivity contribution in [3.8, 4) is 6.07 Å². The standard InChI is InChI=1S/C21H28N2O3S2/c1-3-4-5-6-7-10-15-28(25,26)21-14-13-20(27(21)23-24)19(16-22)18-12-9-8-11-17(18)2/h8-9,11-14,21,24H,3-7,10,15H2,1-2H3. The van der Waals surface area contributed by atoms with Crippen LogP contribution in [0.15, 0.2) is 45.8 Å². The zero-order valence-corrected chi connectivity index (χ0v) is 18.1. The first kappa shape index (κ1) is 22.5. The normalized spacial score (nSPS) is 21.1. The van der Waals surface area contributed by atoms with Gasteiger partial charge in [-0.05, 0) is 41.2 Å². The Balaban J connectivity index is 2.21. The number of hydrogen-bond donors (Lipinski definition) is 1. The van der Waals surface area contributed by atoms with Crippen LogP contribution in [0, 0.1) is 18.3 Å². The monoisotopic (exact) mass is 420 g/mol. The van der Waals surface area contributed by atoms with Crippen molar-refractivity contribution >= 4 is 26.1 Å². The first-order valence-corrected chi connectivity index (χ1v) is 12.6. The van der Waals surface area contributed by atoms with Crippen LogP contribution < -0.4 is 0 Å². The molecule has 2 unspecified atom stereocenters. The molecule has 28 heavy (non-hydrogen) atoms. The Morgan fingerprint density at radius 3 is 2.54 bits per heavy atom. The van der Waals surface area contributed by atoms with Crippen molar-refractivity contribution in [2.24, 2.45) is 4.53 Å². The Hall–Kier alpha value is -1.75. The number of rotatable bonds is 9. The third-order valence-corrected chi connectivity index (χ3v) is 9.56. The lowest BCUT2D eigenvalue weighted by Crippen LogP contribution is -2.24. The number of unbranched alkanes of at least 4 members (excludes halogenated alkanes) is 5. The Morgan fingerprint density at radius 2 is 1.89 bits per heavy atom. The summed E-state index contributed by atoms with van der Waals surface area (Å²) in [6.07, 6.45) is 9.20. The van der Waals surface area contributed by atoms with Crippen molar-refractivity contribution in [2.75, 3.05) is 5.75 Å². The first-order chi connectivity index (χ1) is 13.5. The quantitative estimate of drug-likeness (QED) is 0.342. The van der Waals surface area contributed by atoms with E-state index in [1.807, 2.05) is 31.2 Å². The smallest absolute Gasteiger partial charge is 0.167 e. The molecule has 0 aliphatic carbocycles. The second-order valence-corrected chi connectivity index (χ2v) is 11.2. The molecule has 152 valence electrons. The average molecular weight is 421 g/mol. The van der Waals surface area contributed by atoms with Crippen LogP contribution in [0.25, 0.3) is 5.57 Å². The van der Waals surface area contributed by atoms with E-state index in [1.54, 1.807) is 12.2 Å². The molecule has 1 aliphatic heterocycles. The molecule has 0 fully saturated rings. The highest BCUT2D eigenvalue weighted by Crippen LogP contribution is 2.33. The fourth-order valence-electron chi connectivity index (χ4n) is 3.27. The second kappa shape index (κ2) is 10.7. The summed E-state index contributed by atoms with van der Waals surface area (Å²) < 4.78 is 28.2. The van der Waals surface area contributed by atoms with Crippen molar-refractivity contribution in [1.82, 2.24) is 0 Å². The molecule has 0 bridgehead atoms. The molecule has 1 aromatic rings. The maximum atomic E-state index is 12.8. The summed E-state index contributed by atoms with van der Waals surface area (Å²) in [6, 6.07) is 9.61. The zero-order valence-electron chi connectivity index (χ0n) is 16.5. The largest absolute Gasteiger partial charge is 0.261 e. The molecule has 1 aromatic carbocycles. The van der Waals surface area contributed by atoms with Crippen LogP contribution in [0.5, 0.6) is 0 Å². The molecule has 0 spiro atoms. The molecule has 7 heteroatoms.